The van der Waals surface area contributed by atoms with Crippen LogP contribution in [-0.2, 0) is 20.9 Å². The Kier molecular flexibility index (Phi) is 3.49. The number of nitrogens with zero attached hydrogens (tertiary/aromatic N) is 4. The Labute approximate surface area is 268 Å². The Bertz CT molecular complexity index is 2960. The van der Waals surface area contributed by atoms with Gasteiger partial charge in [-0.3, -0.25) is 0 Å². The van der Waals surface area contributed by atoms with Gasteiger partial charge in [0.25, 0.3) is 5.82 Å². The third kappa shape index (κ3) is 2.05. The lowest BCUT2D eigenvalue weighted by atomic mass is 9.66. The number of sulfone groups is 1. The van der Waals surface area contributed by atoms with Gasteiger partial charge in [0.1, 0.15) is 22.3 Å². The summed E-state index contributed by atoms with van der Waals surface area (Å²) in [7, 11) is -3.82. The average Bonchev–Trinajstić information content (AvgIpc) is 3.86. The van der Waals surface area contributed by atoms with Crippen molar-refractivity contribution in [3.05, 3.63) is 167 Å². The lowest BCUT2D eigenvalue weighted by molar-refractivity contribution is -0.994. The zero-order chi connectivity index (χ0) is 30.6. The Morgan fingerprint density at radius 3 is 2.11 bits per heavy atom. The lowest BCUT2D eigenvalue weighted by Crippen LogP contribution is -2.77. The molecule has 0 amide bonds. The summed E-state index contributed by atoms with van der Waals surface area (Å²) >= 11 is 0. The van der Waals surface area contributed by atoms with Crippen molar-refractivity contribution >= 4 is 31.6 Å². The Morgan fingerprint density at radius 2 is 1.28 bits per heavy atom. The Morgan fingerprint density at radius 1 is 0.574 bits per heavy atom. The smallest absolute Gasteiger partial charge is 0.218 e. The number of hydrogen-bond donors (Lipinski definition) is 0. The van der Waals surface area contributed by atoms with Crippen LogP contribution in [0, 0.1) is 0 Å². The summed E-state index contributed by atoms with van der Waals surface area (Å²) < 4.78 is 38.5. The third-order valence-corrected chi connectivity index (χ3v) is 13.6. The molecule has 47 heavy (non-hydrogen) atoms. The molecule has 0 fully saturated rings. The molecule has 5 aliphatic rings. The molecular formula is C40H22N4O2S+2. The van der Waals surface area contributed by atoms with Crippen LogP contribution >= 0.6 is 0 Å². The van der Waals surface area contributed by atoms with Gasteiger partial charge in [-0.05, 0) is 64.7 Å². The molecule has 2 spiro atoms. The molecule has 6 nitrogen and oxygen atoms in total. The minimum absolute atomic E-state index is 0.371. The zero-order valence-electron chi connectivity index (χ0n) is 24.7. The van der Waals surface area contributed by atoms with Crippen molar-refractivity contribution in [3.63, 3.8) is 0 Å². The molecule has 0 N–H and O–H groups in total. The zero-order valence-corrected chi connectivity index (χ0v) is 25.5. The van der Waals surface area contributed by atoms with Gasteiger partial charge in [-0.15, -0.1) is 4.68 Å². The van der Waals surface area contributed by atoms with E-state index < -0.39 is 20.9 Å². The molecule has 0 radical (unpaired) electrons. The second-order valence-corrected chi connectivity index (χ2v) is 15.2. The molecule has 4 aliphatic heterocycles. The van der Waals surface area contributed by atoms with Crippen molar-refractivity contribution in [2.75, 3.05) is 0 Å². The molecule has 8 aromatic rings. The molecular weight excluding hydrogens is 601 g/mol. The summed E-state index contributed by atoms with van der Waals surface area (Å²) in [6.07, 6.45) is 6.30. The fourth-order valence-corrected chi connectivity index (χ4v) is 12.1. The predicted octanol–water partition coefficient (Wildman–Crippen LogP) is 5.90. The van der Waals surface area contributed by atoms with Gasteiger partial charge in [0.05, 0.1) is 33.2 Å². The second kappa shape index (κ2) is 6.97. The highest BCUT2D eigenvalue weighted by Gasteiger charge is 2.71. The van der Waals surface area contributed by atoms with Gasteiger partial charge in [-0.2, -0.15) is 9.13 Å². The van der Waals surface area contributed by atoms with E-state index >= 15 is 0 Å². The Balaban J connectivity index is 1.38. The van der Waals surface area contributed by atoms with Crippen molar-refractivity contribution in [2.24, 2.45) is 0 Å². The molecule has 218 valence electrons. The minimum Gasteiger partial charge on any atom is -0.218 e. The molecule has 5 aromatic carbocycles. The molecule has 13 rings (SSSR count). The monoisotopic (exact) mass is 622 g/mol. The molecule has 3 aromatic heterocycles. The van der Waals surface area contributed by atoms with Gasteiger partial charge < -0.3 is 0 Å². The van der Waals surface area contributed by atoms with Crippen molar-refractivity contribution in [1.29, 1.82) is 0 Å². The summed E-state index contributed by atoms with van der Waals surface area (Å²) in [5.74, 6) is 1.07. The Hall–Kier alpha value is -5.79. The van der Waals surface area contributed by atoms with Gasteiger partial charge in [-0.1, -0.05) is 71.4 Å². The summed E-state index contributed by atoms with van der Waals surface area (Å²) in [4.78, 5) is 0.744. The number of aromatic nitrogens is 4. The van der Waals surface area contributed by atoms with Crippen molar-refractivity contribution in [1.82, 2.24) is 9.25 Å². The van der Waals surface area contributed by atoms with Crippen molar-refractivity contribution < 1.29 is 17.7 Å². The van der Waals surface area contributed by atoms with Crippen LogP contribution < -0.4 is 9.25 Å². The first-order valence-electron chi connectivity index (χ1n) is 16.0. The lowest BCUT2D eigenvalue weighted by Gasteiger charge is -2.40. The SMILES string of the molecule is O=S1(=O)c2cccc3c2C2(c4c1ccc1c5cccc6c5n(c41)-c1c(ccc[n+]12)C61c2ccccc2-c2ccccc21)[n+]1cccn1-3. The first kappa shape index (κ1) is 23.5. The molecule has 0 saturated heterocycles. The highest BCUT2D eigenvalue weighted by atomic mass is 32.2. The molecule has 1 aliphatic carbocycles. The fraction of sp³-hybridized carbons (Fsp3) is 0.0500. The van der Waals surface area contributed by atoms with Gasteiger partial charge >= 0.3 is 5.66 Å². The highest BCUT2D eigenvalue weighted by molar-refractivity contribution is 7.91. The van der Waals surface area contributed by atoms with E-state index in [9.17, 15) is 8.42 Å². The topological polar surface area (TPSA) is 51.8 Å². The molecule has 0 bridgehead atoms. The number of benzene rings is 5. The molecule has 1 unspecified atom stereocenters. The van der Waals surface area contributed by atoms with E-state index in [0.29, 0.717) is 9.79 Å². The molecule has 7 heterocycles. The van der Waals surface area contributed by atoms with Crippen LogP contribution in [0.1, 0.15) is 33.4 Å². The third-order valence-electron chi connectivity index (χ3n) is 11.7. The minimum atomic E-state index is -3.82. The van der Waals surface area contributed by atoms with Crippen LogP contribution in [0.25, 0.3) is 44.4 Å². The number of rotatable bonds is 0. The number of pyridine rings is 1. The maximum atomic E-state index is 14.7. The normalized spacial score (nSPS) is 19.7. The second-order valence-electron chi connectivity index (χ2n) is 13.3. The summed E-state index contributed by atoms with van der Waals surface area (Å²) in [5.41, 5.74) is 10.6. The average molecular weight is 623 g/mol. The molecule has 0 saturated carbocycles. The molecule has 7 heteroatoms. The van der Waals surface area contributed by atoms with Crippen molar-refractivity contribution in [2.45, 2.75) is 20.9 Å². The summed E-state index contributed by atoms with van der Waals surface area (Å²) in [6, 6.07) is 40.5. The van der Waals surface area contributed by atoms with Gasteiger partial charge in [0.2, 0.25) is 16.0 Å². The number of hydrogen-bond acceptors (Lipinski definition) is 2. The summed E-state index contributed by atoms with van der Waals surface area (Å²) in [5, 5.41) is 2.20. The maximum Gasteiger partial charge on any atom is 0.392 e. The number of fused-ring (bicyclic) bond motifs is 10. The van der Waals surface area contributed by atoms with E-state index in [2.05, 4.69) is 116 Å². The van der Waals surface area contributed by atoms with E-state index in [1.165, 1.54) is 33.4 Å². The van der Waals surface area contributed by atoms with Crippen LogP contribution in [0.3, 0.4) is 0 Å². The van der Waals surface area contributed by atoms with E-state index in [4.69, 9.17) is 0 Å². The first-order chi connectivity index (χ1) is 23.1. The van der Waals surface area contributed by atoms with Crippen molar-refractivity contribution in [3.8, 4) is 22.6 Å². The number of para-hydroxylation sites is 1. The molecule has 1 atom stereocenters. The standard InChI is InChI=1S/C40H22N4O2S/c45-47(46)32-17-6-16-31-34(32)40(43-22-8-21-42(31)43)35-33(47)19-18-26-25-11-5-14-29-36(25)44(37(26)35)38-30(15-7-20-41(38)40)39(29)27-12-3-1-9-23(27)24-10-2-4-13-28(24)39/h1-22H/q+2. The van der Waals surface area contributed by atoms with Crippen LogP contribution in [0.5, 0.6) is 0 Å². The van der Waals surface area contributed by atoms with Crippen LogP contribution in [-0.4, -0.2) is 17.7 Å². The predicted molar refractivity (Wildman–Crippen MR) is 175 cm³/mol. The summed E-state index contributed by atoms with van der Waals surface area (Å²) in [6.45, 7) is 0. The van der Waals surface area contributed by atoms with E-state index in [1.54, 1.807) is 6.07 Å². The van der Waals surface area contributed by atoms with Crippen LogP contribution in [0.15, 0.2) is 144 Å². The first-order valence-corrected chi connectivity index (χ1v) is 17.4. The van der Waals surface area contributed by atoms with E-state index in [1.807, 2.05) is 30.5 Å². The van der Waals surface area contributed by atoms with Gasteiger partial charge in [0, 0.05) is 22.4 Å². The highest BCUT2D eigenvalue weighted by Crippen LogP contribution is 2.63. The van der Waals surface area contributed by atoms with Crippen LogP contribution in [0.2, 0.25) is 0 Å². The van der Waals surface area contributed by atoms with Gasteiger partial charge in [0.15, 0.2) is 5.52 Å². The van der Waals surface area contributed by atoms with Gasteiger partial charge in [-0.25, -0.2) is 8.42 Å². The van der Waals surface area contributed by atoms with Crippen LogP contribution in [0.4, 0.5) is 0 Å². The fourth-order valence-electron chi connectivity index (χ4n) is 10.4. The quantitative estimate of drug-likeness (QED) is 0.198. The van der Waals surface area contributed by atoms with E-state index in [-0.39, 0.29) is 0 Å². The maximum absolute atomic E-state index is 14.7. The van der Waals surface area contributed by atoms with E-state index in [0.717, 1.165) is 44.4 Å². The largest absolute Gasteiger partial charge is 0.392 e.